The molecule has 25 heavy (non-hydrogen) atoms. The molecular formula is C18H17ClF2N2O2. The molecule has 1 aliphatic heterocycles. The molecule has 0 radical (unpaired) electrons. The molecular weight excluding hydrogens is 350 g/mol. The van der Waals surface area contributed by atoms with E-state index in [9.17, 15) is 13.6 Å². The first-order chi connectivity index (χ1) is 12.0. The van der Waals surface area contributed by atoms with Gasteiger partial charge in [0.1, 0.15) is 5.75 Å². The van der Waals surface area contributed by atoms with E-state index >= 15 is 0 Å². The van der Waals surface area contributed by atoms with Crippen LogP contribution in [0.1, 0.15) is 10.4 Å². The van der Waals surface area contributed by atoms with Crippen molar-refractivity contribution in [1.29, 1.82) is 0 Å². The molecule has 3 rings (SSSR count). The number of benzene rings is 2. The van der Waals surface area contributed by atoms with Gasteiger partial charge in [0.05, 0.1) is 0 Å². The number of carbonyl (C=O) groups excluding carboxylic acids is 1. The SMILES string of the molecule is O=C(c1cccc(OC(F)F)c1)N1CCN(c2ccc(Cl)cc2)CC1. The molecule has 0 spiro atoms. The summed E-state index contributed by atoms with van der Waals surface area (Å²) in [4.78, 5) is 16.5. The van der Waals surface area contributed by atoms with Gasteiger partial charge in [0.25, 0.3) is 5.91 Å². The van der Waals surface area contributed by atoms with Crippen LogP contribution in [0.5, 0.6) is 5.75 Å². The second-order valence-electron chi connectivity index (χ2n) is 5.66. The first-order valence-electron chi connectivity index (χ1n) is 7.87. The highest BCUT2D eigenvalue weighted by atomic mass is 35.5. The number of rotatable bonds is 4. The Labute approximate surface area is 149 Å². The zero-order valence-electron chi connectivity index (χ0n) is 13.4. The third-order valence-electron chi connectivity index (χ3n) is 4.06. The maximum atomic E-state index is 12.6. The average Bonchev–Trinajstić information content (AvgIpc) is 2.62. The lowest BCUT2D eigenvalue weighted by Crippen LogP contribution is -2.48. The molecule has 0 saturated carbocycles. The summed E-state index contributed by atoms with van der Waals surface area (Å²) in [6.45, 7) is -0.405. The Hall–Kier alpha value is -2.34. The Balaban J connectivity index is 1.62. The van der Waals surface area contributed by atoms with Gasteiger partial charge in [-0.2, -0.15) is 8.78 Å². The number of piperazine rings is 1. The predicted octanol–water partition coefficient (Wildman–Crippen LogP) is 3.90. The normalized spacial score (nSPS) is 14.7. The lowest BCUT2D eigenvalue weighted by molar-refractivity contribution is -0.0499. The number of hydrogen-bond donors (Lipinski definition) is 0. The van der Waals surface area contributed by atoms with Gasteiger partial charge in [-0.15, -0.1) is 0 Å². The first kappa shape index (κ1) is 17.5. The largest absolute Gasteiger partial charge is 0.435 e. The van der Waals surface area contributed by atoms with Crippen molar-refractivity contribution in [2.75, 3.05) is 31.1 Å². The Morgan fingerprint density at radius 3 is 2.36 bits per heavy atom. The van der Waals surface area contributed by atoms with E-state index in [0.717, 1.165) is 5.69 Å². The van der Waals surface area contributed by atoms with Crippen LogP contribution in [-0.4, -0.2) is 43.6 Å². The van der Waals surface area contributed by atoms with E-state index in [4.69, 9.17) is 11.6 Å². The van der Waals surface area contributed by atoms with Crippen LogP contribution in [0.3, 0.4) is 0 Å². The van der Waals surface area contributed by atoms with Gasteiger partial charge in [0, 0.05) is 42.5 Å². The van der Waals surface area contributed by atoms with Gasteiger partial charge >= 0.3 is 6.61 Å². The molecule has 0 atom stereocenters. The number of anilines is 1. The monoisotopic (exact) mass is 366 g/mol. The fourth-order valence-corrected chi connectivity index (χ4v) is 2.93. The maximum absolute atomic E-state index is 12.6. The Bertz CT molecular complexity index is 732. The van der Waals surface area contributed by atoms with Crippen LogP contribution in [0.2, 0.25) is 5.02 Å². The number of amides is 1. The second-order valence-corrected chi connectivity index (χ2v) is 6.10. The third-order valence-corrected chi connectivity index (χ3v) is 4.32. The summed E-state index contributed by atoms with van der Waals surface area (Å²) in [6, 6.07) is 13.5. The van der Waals surface area contributed by atoms with Crippen LogP contribution in [0.15, 0.2) is 48.5 Å². The van der Waals surface area contributed by atoms with E-state index < -0.39 is 6.61 Å². The molecule has 2 aromatic carbocycles. The van der Waals surface area contributed by atoms with E-state index in [0.29, 0.717) is 36.8 Å². The molecule has 1 aliphatic rings. The fourth-order valence-electron chi connectivity index (χ4n) is 2.81. The van der Waals surface area contributed by atoms with Crippen LogP contribution in [0, 0.1) is 0 Å². The Kier molecular flexibility index (Phi) is 5.38. The minimum atomic E-state index is -2.91. The van der Waals surface area contributed by atoms with Gasteiger partial charge < -0.3 is 14.5 Å². The molecule has 0 bridgehead atoms. The van der Waals surface area contributed by atoms with E-state index in [1.165, 1.54) is 18.2 Å². The minimum absolute atomic E-state index is 0.0133. The van der Waals surface area contributed by atoms with Gasteiger partial charge in [-0.05, 0) is 42.5 Å². The highest BCUT2D eigenvalue weighted by molar-refractivity contribution is 6.30. The zero-order chi connectivity index (χ0) is 17.8. The molecule has 1 fully saturated rings. The van der Waals surface area contributed by atoms with Crippen LogP contribution in [0.25, 0.3) is 0 Å². The van der Waals surface area contributed by atoms with E-state index in [1.54, 1.807) is 11.0 Å². The van der Waals surface area contributed by atoms with Gasteiger partial charge in [0.15, 0.2) is 0 Å². The number of ether oxygens (including phenoxy) is 1. The van der Waals surface area contributed by atoms with Crippen LogP contribution < -0.4 is 9.64 Å². The summed E-state index contributed by atoms with van der Waals surface area (Å²) < 4.78 is 29.0. The number of nitrogens with zero attached hydrogens (tertiary/aromatic N) is 2. The number of alkyl halides is 2. The topological polar surface area (TPSA) is 32.8 Å². The average molecular weight is 367 g/mol. The van der Waals surface area contributed by atoms with Crippen LogP contribution >= 0.6 is 11.6 Å². The summed E-state index contributed by atoms with van der Waals surface area (Å²) in [5.41, 5.74) is 1.40. The molecule has 132 valence electrons. The summed E-state index contributed by atoms with van der Waals surface area (Å²) in [7, 11) is 0. The van der Waals surface area contributed by atoms with Crippen molar-refractivity contribution in [1.82, 2.24) is 4.90 Å². The smallest absolute Gasteiger partial charge is 0.387 e. The fraction of sp³-hybridized carbons (Fsp3) is 0.278. The van der Waals surface area contributed by atoms with Crippen molar-refractivity contribution in [3.63, 3.8) is 0 Å². The number of halogens is 3. The number of carbonyl (C=O) groups is 1. The van der Waals surface area contributed by atoms with E-state index in [1.807, 2.05) is 24.3 Å². The van der Waals surface area contributed by atoms with Crippen molar-refractivity contribution in [2.24, 2.45) is 0 Å². The zero-order valence-corrected chi connectivity index (χ0v) is 14.1. The van der Waals surface area contributed by atoms with Gasteiger partial charge in [0.2, 0.25) is 0 Å². The van der Waals surface area contributed by atoms with Gasteiger partial charge in [-0.3, -0.25) is 4.79 Å². The highest BCUT2D eigenvalue weighted by Gasteiger charge is 2.22. The highest BCUT2D eigenvalue weighted by Crippen LogP contribution is 2.21. The Morgan fingerprint density at radius 2 is 1.72 bits per heavy atom. The van der Waals surface area contributed by atoms with Crippen molar-refractivity contribution >= 4 is 23.2 Å². The lowest BCUT2D eigenvalue weighted by Gasteiger charge is -2.36. The van der Waals surface area contributed by atoms with Gasteiger partial charge in [-0.1, -0.05) is 17.7 Å². The number of hydrogen-bond acceptors (Lipinski definition) is 3. The lowest BCUT2D eigenvalue weighted by atomic mass is 10.1. The minimum Gasteiger partial charge on any atom is -0.435 e. The van der Waals surface area contributed by atoms with Crippen molar-refractivity contribution in [3.05, 3.63) is 59.1 Å². The summed E-state index contributed by atoms with van der Waals surface area (Å²) >= 11 is 5.90. The molecule has 1 saturated heterocycles. The van der Waals surface area contributed by atoms with Crippen LogP contribution in [0.4, 0.5) is 14.5 Å². The molecule has 0 unspecified atom stereocenters. The standard InChI is InChI=1S/C18H17ClF2N2O2/c19-14-4-6-15(7-5-14)22-8-10-23(11-9-22)17(24)13-2-1-3-16(12-13)25-18(20)21/h1-7,12,18H,8-11H2. The second kappa shape index (κ2) is 7.70. The molecule has 0 N–H and O–H groups in total. The summed E-state index contributed by atoms with van der Waals surface area (Å²) in [6.07, 6.45) is 0. The molecule has 0 aliphatic carbocycles. The van der Waals surface area contributed by atoms with Gasteiger partial charge in [-0.25, -0.2) is 0 Å². The molecule has 1 heterocycles. The molecule has 7 heteroatoms. The maximum Gasteiger partial charge on any atom is 0.387 e. The van der Waals surface area contributed by atoms with E-state index in [2.05, 4.69) is 9.64 Å². The molecule has 4 nitrogen and oxygen atoms in total. The Morgan fingerprint density at radius 1 is 1.04 bits per heavy atom. The van der Waals surface area contributed by atoms with E-state index in [-0.39, 0.29) is 11.7 Å². The van der Waals surface area contributed by atoms with Crippen molar-refractivity contribution in [2.45, 2.75) is 6.61 Å². The predicted molar refractivity (Wildman–Crippen MR) is 92.6 cm³/mol. The van der Waals surface area contributed by atoms with Crippen LogP contribution in [-0.2, 0) is 0 Å². The van der Waals surface area contributed by atoms with Crippen molar-refractivity contribution in [3.8, 4) is 5.75 Å². The quantitative estimate of drug-likeness (QED) is 0.822. The summed E-state index contributed by atoms with van der Waals surface area (Å²) in [5.74, 6) is -0.198. The third kappa shape index (κ3) is 4.39. The molecule has 1 amide bonds. The molecule has 2 aromatic rings. The summed E-state index contributed by atoms with van der Waals surface area (Å²) in [5, 5.41) is 0.684. The first-order valence-corrected chi connectivity index (χ1v) is 8.25. The van der Waals surface area contributed by atoms with Crippen molar-refractivity contribution < 1.29 is 18.3 Å². The molecule has 0 aromatic heterocycles.